The fourth-order valence-corrected chi connectivity index (χ4v) is 5.49. The topological polar surface area (TPSA) is 88.3 Å². The van der Waals surface area contributed by atoms with E-state index in [4.69, 9.17) is 4.42 Å². The van der Waals surface area contributed by atoms with Crippen LogP contribution in [0.2, 0.25) is 0 Å². The van der Waals surface area contributed by atoms with E-state index in [1.165, 1.54) is 4.31 Å². The van der Waals surface area contributed by atoms with Crippen LogP contribution in [0.1, 0.15) is 30.7 Å². The van der Waals surface area contributed by atoms with Gasteiger partial charge in [0.1, 0.15) is 0 Å². The Labute approximate surface area is 191 Å². The highest BCUT2D eigenvalue weighted by Gasteiger charge is 2.33. The molecule has 1 saturated heterocycles. The monoisotopic (exact) mass is 484 g/mol. The Morgan fingerprint density at radius 1 is 1.03 bits per heavy atom. The van der Waals surface area contributed by atoms with Crippen LogP contribution in [0.15, 0.2) is 59.0 Å². The Morgan fingerprint density at radius 3 is 2.28 bits per heavy atom. The minimum atomic E-state index is -3.57. The molecule has 0 spiro atoms. The molecule has 4 rings (SSSR count). The van der Waals surface area contributed by atoms with Crippen LogP contribution in [0.5, 0.6) is 0 Å². The Kier molecular flexibility index (Phi) is 7.81. The second-order valence-electron chi connectivity index (χ2n) is 7.28. The van der Waals surface area contributed by atoms with Crippen LogP contribution in [0.25, 0.3) is 11.5 Å². The SMILES string of the molecule is Cl.O=S(=O)(C1CCNCC1)N(Cc1ccc(-c2nnc(C(F)F)o2)cc1)c1ccccc1. The highest BCUT2D eigenvalue weighted by molar-refractivity contribution is 7.93. The lowest BCUT2D eigenvalue weighted by Crippen LogP contribution is -2.43. The zero-order valence-corrected chi connectivity index (χ0v) is 18.7. The van der Waals surface area contributed by atoms with Gasteiger partial charge in [0.25, 0.3) is 5.89 Å². The first kappa shape index (κ1) is 24.1. The molecule has 3 aromatic rings. The third-order valence-corrected chi connectivity index (χ3v) is 7.48. The van der Waals surface area contributed by atoms with Crippen molar-refractivity contribution in [2.24, 2.45) is 0 Å². The molecule has 0 bridgehead atoms. The molecule has 0 amide bonds. The number of sulfonamides is 1. The van der Waals surface area contributed by atoms with E-state index in [1.807, 2.05) is 6.07 Å². The molecule has 0 aliphatic carbocycles. The van der Waals surface area contributed by atoms with Gasteiger partial charge < -0.3 is 9.73 Å². The first-order valence-electron chi connectivity index (χ1n) is 9.93. The van der Waals surface area contributed by atoms with Crippen LogP contribution in [0, 0.1) is 0 Å². The molecule has 7 nitrogen and oxygen atoms in total. The fourth-order valence-electron chi connectivity index (χ4n) is 3.55. The third-order valence-electron chi connectivity index (χ3n) is 5.21. The van der Waals surface area contributed by atoms with Crippen molar-refractivity contribution in [2.75, 3.05) is 17.4 Å². The number of benzene rings is 2. The van der Waals surface area contributed by atoms with Gasteiger partial charge in [0.05, 0.1) is 17.5 Å². The Morgan fingerprint density at radius 2 is 1.69 bits per heavy atom. The molecule has 32 heavy (non-hydrogen) atoms. The Hall–Kier alpha value is -2.56. The lowest BCUT2D eigenvalue weighted by molar-refractivity contribution is 0.116. The molecule has 1 aliphatic rings. The normalized spacial score (nSPS) is 14.8. The summed E-state index contributed by atoms with van der Waals surface area (Å²) in [5, 5.41) is 9.72. The van der Waals surface area contributed by atoms with Gasteiger partial charge in [-0.3, -0.25) is 4.31 Å². The summed E-state index contributed by atoms with van der Waals surface area (Å²) in [6.07, 6.45) is -1.71. The average molecular weight is 485 g/mol. The molecular formula is C21H23ClF2N4O3S. The van der Waals surface area contributed by atoms with Gasteiger partial charge >= 0.3 is 6.43 Å². The second-order valence-corrected chi connectivity index (χ2v) is 9.42. The Bertz CT molecular complexity index is 1110. The molecule has 172 valence electrons. The number of anilines is 1. The molecule has 0 unspecified atom stereocenters. The number of para-hydroxylation sites is 1. The van der Waals surface area contributed by atoms with Crippen molar-refractivity contribution in [3.8, 4) is 11.5 Å². The van der Waals surface area contributed by atoms with Gasteiger partial charge in [0, 0.05) is 5.56 Å². The van der Waals surface area contributed by atoms with Gasteiger partial charge in [-0.1, -0.05) is 30.3 Å². The molecule has 1 N–H and O–H groups in total. The first-order valence-corrected chi connectivity index (χ1v) is 11.4. The van der Waals surface area contributed by atoms with E-state index in [-0.39, 0.29) is 24.8 Å². The van der Waals surface area contributed by atoms with Gasteiger partial charge in [-0.25, -0.2) is 8.42 Å². The van der Waals surface area contributed by atoms with Gasteiger partial charge in [0.15, 0.2) is 0 Å². The predicted octanol–water partition coefficient (Wildman–Crippen LogP) is 4.18. The number of rotatable bonds is 7. The van der Waals surface area contributed by atoms with Crippen molar-refractivity contribution in [3.63, 3.8) is 0 Å². The number of aromatic nitrogens is 2. The molecule has 11 heteroatoms. The molecule has 1 aliphatic heterocycles. The van der Waals surface area contributed by atoms with E-state index in [0.29, 0.717) is 37.2 Å². The number of nitrogens with one attached hydrogen (secondary N) is 1. The van der Waals surface area contributed by atoms with Crippen molar-refractivity contribution in [1.29, 1.82) is 0 Å². The number of halogens is 3. The molecule has 0 atom stereocenters. The number of hydrogen-bond donors (Lipinski definition) is 1. The maximum absolute atomic E-state index is 13.4. The van der Waals surface area contributed by atoms with E-state index < -0.39 is 27.6 Å². The summed E-state index contributed by atoms with van der Waals surface area (Å²) in [6, 6.07) is 15.8. The largest absolute Gasteiger partial charge is 0.415 e. The third kappa shape index (κ3) is 5.25. The summed E-state index contributed by atoms with van der Waals surface area (Å²) < 4.78 is 58.6. The van der Waals surface area contributed by atoms with E-state index in [1.54, 1.807) is 48.5 Å². The highest BCUT2D eigenvalue weighted by atomic mass is 35.5. The fraction of sp³-hybridized carbons (Fsp3) is 0.333. The van der Waals surface area contributed by atoms with Crippen LogP contribution >= 0.6 is 12.4 Å². The number of nitrogens with zero attached hydrogens (tertiary/aromatic N) is 3. The summed E-state index contributed by atoms with van der Waals surface area (Å²) in [7, 11) is -3.57. The van der Waals surface area contributed by atoms with Crippen molar-refractivity contribution < 1.29 is 21.6 Å². The van der Waals surface area contributed by atoms with E-state index >= 15 is 0 Å². The van der Waals surface area contributed by atoms with Crippen LogP contribution < -0.4 is 9.62 Å². The molecule has 2 aromatic carbocycles. The smallest absolute Gasteiger partial charge is 0.314 e. The number of hydrogen-bond acceptors (Lipinski definition) is 6. The lowest BCUT2D eigenvalue weighted by atomic mass is 10.1. The molecule has 0 radical (unpaired) electrons. The molecular weight excluding hydrogens is 462 g/mol. The van der Waals surface area contributed by atoms with Gasteiger partial charge in [0.2, 0.25) is 15.9 Å². The standard InChI is InChI=1S/C21H22F2N4O3S.ClH/c22-19(23)21-26-25-20(30-21)16-8-6-15(7-9-16)14-27(17-4-2-1-3-5-17)31(28,29)18-10-12-24-13-11-18;/h1-9,18-19,24H,10-14H2;1H. The van der Waals surface area contributed by atoms with Crippen LogP contribution in [0.4, 0.5) is 14.5 Å². The molecule has 1 fully saturated rings. The molecule has 1 aromatic heterocycles. The van der Waals surface area contributed by atoms with E-state index in [0.717, 1.165) is 5.56 Å². The van der Waals surface area contributed by atoms with Crippen LogP contribution in [-0.2, 0) is 16.6 Å². The van der Waals surface area contributed by atoms with Crippen molar-refractivity contribution >= 4 is 28.1 Å². The zero-order valence-electron chi connectivity index (χ0n) is 17.0. The summed E-state index contributed by atoms with van der Waals surface area (Å²) >= 11 is 0. The van der Waals surface area contributed by atoms with Crippen molar-refractivity contribution in [3.05, 3.63) is 66.1 Å². The van der Waals surface area contributed by atoms with Crippen LogP contribution in [0.3, 0.4) is 0 Å². The minimum absolute atomic E-state index is 0. The predicted molar refractivity (Wildman–Crippen MR) is 119 cm³/mol. The zero-order chi connectivity index (χ0) is 21.8. The van der Waals surface area contributed by atoms with Crippen molar-refractivity contribution in [1.82, 2.24) is 15.5 Å². The highest BCUT2D eigenvalue weighted by Crippen LogP contribution is 2.28. The second kappa shape index (κ2) is 10.4. The summed E-state index contributed by atoms with van der Waals surface area (Å²) in [5.74, 6) is -0.744. The number of alkyl halides is 2. The van der Waals surface area contributed by atoms with Gasteiger partial charge in [-0.05, 0) is 55.8 Å². The minimum Gasteiger partial charge on any atom is -0.415 e. The van der Waals surface area contributed by atoms with E-state index in [9.17, 15) is 17.2 Å². The summed E-state index contributed by atoms with van der Waals surface area (Å²) in [4.78, 5) is 0. The summed E-state index contributed by atoms with van der Waals surface area (Å²) in [6.45, 7) is 1.50. The lowest BCUT2D eigenvalue weighted by Gasteiger charge is -2.31. The molecule has 2 heterocycles. The van der Waals surface area contributed by atoms with Crippen LogP contribution in [-0.4, -0.2) is 37.0 Å². The Balaban J connectivity index is 0.00000289. The average Bonchev–Trinajstić information content (AvgIpc) is 3.30. The van der Waals surface area contributed by atoms with Crippen molar-refractivity contribution in [2.45, 2.75) is 31.1 Å². The van der Waals surface area contributed by atoms with Gasteiger partial charge in [-0.15, -0.1) is 22.6 Å². The maximum Gasteiger partial charge on any atom is 0.314 e. The molecule has 0 saturated carbocycles. The maximum atomic E-state index is 13.4. The first-order chi connectivity index (χ1) is 14.9. The quantitative estimate of drug-likeness (QED) is 0.541. The van der Waals surface area contributed by atoms with E-state index in [2.05, 4.69) is 15.5 Å². The number of piperidine rings is 1. The van der Waals surface area contributed by atoms with Gasteiger partial charge in [-0.2, -0.15) is 8.78 Å². The summed E-state index contributed by atoms with van der Waals surface area (Å²) in [5.41, 5.74) is 1.83.